The molecule has 1 aromatic carbocycles. The summed E-state index contributed by atoms with van der Waals surface area (Å²) in [5.41, 5.74) is 1.92. The van der Waals surface area contributed by atoms with Crippen LogP contribution in [0.1, 0.15) is 42.1 Å². The summed E-state index contributed by atoms with van der Waals surface area (Å²) >= 11 is 3.46. The maximum atomic E-state index is 12.4. The topological polar surface area (TPSA) is 20.3 Å². The van der Waals surface area contributed by atoms with Crippen LogP contribution in [0.4, 0.5) is 0 Å². The van der Waals surface area contributed by atoms with Crippen molar-refractivity contribution in [2.24, 2.45) is 0 Å². The first-order valence-corrected chi connectivity index (χ1v) is 6.96. The molecule has 2 nitrogen and oxygen atoms in total. The molecule has 1 fully saturated rings. The number of benzene rings is 1. The van der Waals surface area contributed by atoms with E-state index in [0.717, 1.165) is 35.0 Å². The Balaban J connectivity index is 2.21. The molecule has 1 heterocycles. The Kier molecular flexibility index (Phi) is 3.87. The van der Waals surface area contributed by atoms with Gasteiger partial charge in [0, 0.05) is 22.6 Å². The van der Waals surface area contributed by atoms with Gasteiger partial charge in [0.25, 0.3) is 5.91 Å². The number of rotatable bonds is 1. The summed E-state index contributed by atoms with van der Waals surface area (Å²) < 4.78 is 1.06. The Morgan fingerprint density at radius 1 is 1.41 bits per heavy atom. The van der Waals surface area contributed by atoms with E-state index in [1.54, 1.807) is 0 Å². The number of likely N-dealkylation sites (tertiary alicyclic amines) is 1. The van der Waals surface area contributed by atoms with E-state index in [-0.39, 0.29) is 5.91 Å². The number of aryl methyl sites for hydroxylation is 1. The van der Waals surface area contributed by atoms with Crippen LogP contribution in [0, 0.1) is 6.92 Å². The van der Waals surface area contributed by atoms with Crippen LogP contribution in [0.25, 0.3) is 0 Å². The minimum atomic E-state index is 0.174. The average Bonchev–Trinajstić information content (AvgIpc) is 2.32. The normalized spacial score (nSPS) is 20.4. The molecule has 0 aromatic heterocycles. The molecule has 1 aliphatic rings. The predicted molar refractivity (Wildman–Crippen MR) is 73.2 cm³/mol. The summed E-state index contributed by atoms with van der Waals surface area (Å²) in [6.45, 7) is 5.05. The van der Waals surface area contributed by atoms with Gasteiger partial charge in [-0.3, -0.25) is 4.79 Å². The van der Waals surface area contributed by atoms with E-state index in [1.165, 1.54) is 6.42 Å². The second kappa shape index (κ2) is 5.21. The Bertz CT molecular complexity index is 430. The summed E-state index contributed by atoms with van der Waals surface area (Å²) in [4.78, 5) is 14.4. The lowest BCUT2D eigenvalue weighted by molar-refractivity contribution is 0.0635. The average molecular weight is 296 g/mol. The number of carbonyl (C=O) groups excluding carboxylic acids is 1. The first-order chi connectivity index (χ1) is 8.09. The maximum Gasteiger partial charge on any atom is 0.254 e. The van der Waals surface area contributed by atoms with Crippen molar-refractivity contribution in [1.82, 2.24) is 4.90 Å². The molecule has 0 bridgehead atoms. The zero-order chi connectivity index (χ0) is 12.4. The number of piperidine rings is 1. The first-order valence-electron chi connectivity index (χ1n) is 6.16. The zero-order valence-electron chi connectivity index (χ0n) is 10.4. The summed E-state index contributed by atoms with van der Waals surface area (Å²) in [6, 6.07) is 6.20. The number of halogens is 1. The minimum Gasteiger partial charge on any atom is -0.336 e. The van der Waals surface area contributed by atoms with Crippen LogP contribution in [0.15, 0.2) is 22.7 Å². The lowest BCUT2D eigenvalue weighted by atomic mass is 10.0. The highest BCUT2D eigenvalue weighted by atomic mass is 79.9. The van der Waals surface area contributed by atoms with E-state index in [9.17, 15) is 4.79 Å². The smallest absolute Gasteiger partial charge is 0.254 e. The van der Waals surface area contributed by atoms with Gasteiger partial charge in [-0.1, -0.05) is 15.9 Å². The molecule has 1 amide bonds. The molecule has 0 saturated carbocycles. The summed E-state index contributed by atoms with van der Waals surface area (Å²) in [7, 11) is 0. The number of hydrogen-bond acceptors (Lipinski definition) is 1. The van der Waals surface area contributed by atoms with Crippen LogP contribution in [-0.4, -0.2) is 23.4 Å². The fraction of sp³-hybridized carbons (Fsp3) is 0.500. The van der Waals surface area contributed by atoms with Gasteiger partial charge in [-0.2, -0.15) is 0 Å². The van der Waals surface area contributed by atoms with Crippen molar-refractivity contribution in [2.45, 2.75) is 39.2 Å². The van der Waals surface area contributed by atoms with Crippen molar-refractivity contribution in [1.29, 1.82) is 0 Å². The first kappa shape index (κ1) is 12.6. The third kappa shape index (κ3) is 2.71. The molecule has 1 atom stereocenters. The molecule has 2 rings (SSSR count). The molecule has 0 N–H and O–H groups in total. The van der Waals surface area contributed by atoms with Crippen LogP contribution in [0.3, 0.4) is 0 Å². The lowest BCUT2D eigenvalue weighted by Gasteiger charge is -2.33. The highest BCUT2D eigenvalue weighted by molar-refractivity contribution is 9.10. The standard InChI is InChI=1S/C14H18BrNO/c1-10-9-12(6-7-13(10)15)14(17)16-8-4-3-5-11(16)2/h6-7,9,11H,3-5,8H2,1-2H3. The molecule has 0 radical (unpaired) electrons. The van der Waals surface area contributed by atoms with E-state index in [1.807, 2.05) is 30.0 Å². The molecule has 17 heavy (non-hydrogen) atoms. The Morgan fingerprint density at radius 3 is 2.82 bits per heavy atom. The van der Waals surface area contributed by atoms with E-state index in [0.29, 0.717) is 6.04 Å². The molecule has 1 aliphatic heterocycles. The molecule has 1 unspecified atom stereocenters. The second-order valence-electron chi connectivity index (χ2n) is 4.81. The van der Waals surface area contributed by atoms with E-state index >= 15 is 0 Å². The number of amides is 1. The molecular weight excluding hydrogens is 278 g/mol. The van der Waals surface area contributed by atoms with Gasteiger partial charge in [-0.05, 0) is 56.9 Å². The van der Waals surface area contributed by atoms with Crippen LogP contribution in [0.5, 0.6) is 0 Å². The largest absolute Gasteiger partial charge is 0.336 e. The van der Waals surface area contributed by atoms with Gasteiger partial charge < -0.3 is 4.90 Å². The Hall–Kier alpha value is -0.830. The Labute approximate surface area is 111 Å². The molecule has 1 aromatic rings. The number of nitrogens with zero attached hydrogens (tertiary/aromatic N) is 1. The lowest BCUT2D eigenvalue weighted by Crippen LogP contribution is -2.42. The van der Waals surface area contributed by atoms with Crippen molar-refractivity contribution >= 4 is 21.8 Å². The van der Waals surface area contributed by atoms with Gasteiger partial charge >= 0.3 is 0 Å². The summed E-state index contributed by atoms with van der Waals surface area (Å²) in [5.74, 6) is 0.174. The predicted octanol–water partition coefficient (Wildman–Crippen LogP) is 3.77. The van der Waals surface area contributed by atoms with Crippen LogP contribution in [0.2, 0.25) is 0 Å². The van der Waals surface area contributed by atoms with E-state index in [2.05, 4.69) is 22.9 Å². The van der Waals surface area contributed by atoms with Gasteiger partial charge in [-0.15, -0.1) is 0 Å². The van der Waals surface area contributed by atoms with Crippen LogP contribution >= 0.6 is 15.9 Å². The van der Waals surface area contributed by atoms with Crippen molar-refractivity contribution in [3.63, 3.8) is 0 Å². The van der Waals surface area contributed by atoms with Gasteiger partial charge in [0.15, 0.2) is 0 Å². The number of hydrogen-bond donors (Lipinski definition) is 0. The van der Waals surface area contributed by atoms with Crippen molar-refractivity contribution in [2.75, 3.05) is 6.54 Å². The van der Waals surface area contributed by atoms with Gasteiger partial charge in [-0.25, -0.2) is 0 Å². The third-order valence-electron chi connectivity index (χ3n) is 3.47. The highest BCUT2D eigenvalue weighted by Crippen LogP contribution is 2.22. The fourth-order valence-corrected chi connectivity index (χ4v) is 2.59. The fourth-order valence-electron chi connectivity index (χ4n) is 2.34. The van der Waals surface area contributed by atoms with Gasteiger partial charge in [0.05, 0.1) is 0 Å². The molecule has 0 aliphatic carbocycles. The van der Waals surface area contributed by atoms with Crippen molar-refractivity contribution < 1.29 is 4.79 Å². The molecule has 0 spiro atoms. The monoisotopic (exact) mass is 295 g/mol. The third-order valence-corrected chi connectivity index (χ3v) is 4.36. The minimum absolute atomic E-state index is 0.174. The van der Waals surface area contributed by atoms with Gasteiger partial charge in [0.1, 0.15) is 0 Å². The van der Waals surface area contributed by atoms with E-state index < -0.39 is 0 Å². The SMILES string of the molecule is Cc1cc(C(=O)N2CCCCC2C)ccc1Br. The van der Waals surface area contributed by atoms with Crippen LogP contribution < -0.4 is 0 Å². The Morgan fingerprint density at radius 2 is 2.18 bits per heavy atom. The quantitative estimate of drug-likeness (QED) is 0.772. The van der Waals surface area contributed by atoms with E-state index in [4.69, 9.17) is 0 Å². The summed E-state index contributed by atoms with van der Waals surface area (Å²) in [6.07, 6.45) is 3.50. The summed E-state index contributed by atoms with van der Waals surface area (Å²) in [5, 5.41) is 0. The van der Waals surface area contributed by atoms with Crippen LogP contribution in [-0.2, 0) is 0 Å². The molecular formula is C14H18BrNO. The van der Waals surface area contributed by atoms with Crippen molar-refractivity contribution in [3.05, 3.63) is 33.8 Å². The highest BCUT2D eigenvalue weighted by Gasteiger charge is 2.24. The van der Waals surface area contributed by atoms with Crippen molar-refractivity contribution in [3.8, 4) is 0 Å². The second-order valence-corrected chi connectivity index (χ2v) is 5.66. The zero-order valence-corrected chi connectivity index (χ0v) is 12.0. The maximum absolute atomic E-state index is 12.4. The van der Waals surface area contributed by atoms with Gasteiger partial charge in [0.2, 0.25) is 0 Å². The molecule has 3 heteroatoms. The number of carbonyl (C=O) groups is 1. The molecule has 92 valence electrons. The molecule has 1 saturated heterocycles.